The topological polar surface area (TPSA) is 78.6 Å². The van der Waals surface area contributed by atoms with Gasteiger partial charge >= 0.3 is 5.97 Å². The molecule has 0 saturated heterocycles. The number of ether oxygens (including phenoxy) is 1. The van der Waals surface area contributed by atoms with Crippen LogP contribution in [0.5, 0.6) is 0 Å². The van der Waals surface area contributed by atoms with Crippen LogP contribution < -0.4 is 5.73 Å². The van der Waals surface area contributed by atoms with Crippen molar-refractivity contribution in [3.05, 3.63) is 29.8 Å². The predicted octanol–water partition coefficient (Wildman–Crippen LogP) is 0.733. The zero-order chi connectivity index (χ0) is 12.9. The number of nitrogens with two attached hydrogens (primary N) is 1. The molecule has 1 aromatic rings. The number of carbonyl (C=O) groups excluding carboxylic acids is 1. The number of hydrogen-bond donors (Lipinski definition) is 1. The molecule has 1 rings (SSSR count). The van der Waals surface area contributed by atoms with E-state index in [-0.39, 0.29) is 13.2 Å². The number of anilines is 1. The summed E-state index contributed by atoms with van der Waals surface area (Å²) in [7, 11) is -2.67. The summed E-state index contributed by atoms with van der Waals surface area (Å²) in [6, 6.07) is 6.34. The van der Waals surface area contributed by atoms with E-state index >= 15 is 0 Å². The second kappa shape index (κ2) is 5.95. The van der Waals surface area contributed by atoms with E-state index < -0.39 is 14.7 Å². The molecule has 0 aromatic heterocycles. The molecule has 1 atom stereocenters. The van der Waals surface area contributed by atoms with Crippen molar-refractivity contribution in [1.29, 1.82) is 0 Å². The van der Waals surface area contributed by atoms with Gasteiger partial charge in [0.05, 0.1) is 12.2 Å². The van der Waals surface area contributed by atoms with E-state index in [1.54, 1.807) is 24.3 Å². The molecular weight excluding hydrogens is 262 g/mol. The van der Waals surface area contributed by atoms with Crippen LogP contribution in [0.1, 0.15) is 10.4 Å². The third-order valence-electron chi connectivity index (χ3n) is 1.76. The van der Waals surface area contributed by atoms with Gasteiger partial charge in [-0.15, -0.1) is 0 Å². The van der Waals surface area contributed by atoms with Crippen LogP contribution in [0, 0.1) is 0 Å². The highest BCUT2D eigenvalue weighted by Crippen LogP contribution is 2.06. The van der Waals surface area contributed by atoms with E-state index in [0.717, 1.165) is 0 Å². The van der Waals surface area contributed by atoms with Crippen molar-refractivity contribution in [2.45, 2.75) is 0 Å². The molecule has 0 aliphatic carbocycles. The smallest absolute Gasteiger partial charge is 0.338 e. The maximum Gasteiger partial charge on any atom is 0.338 e. The van der Waals surface area contributed by atoms with Gasteiger partial charge in [0.2, 0.25) is 0 Å². The average Bonchev–Trinajstić information content (AvgIpc) is 2.24. The highest BCUT2D eigenvalue weighted by molar-refractivity contribution is 8.29. The van der Waals surface area contributed by atoms with Crippen LogP contribution in [0.15, 0.2) is 24.3 Å². The van der Waals surface area contributed by atoms with Crippen LogP contribution in [-0.4, -0.2) is 29.6 Å². The Balaban J connectivity index is 2.38. The number of benzene rings is 1. The molecule has 0 spiro atoms. The summed E-state index contributed by atoms with van der Waals surface area (Å²) >= 11 is 4.52. The van der Waals surface area contributed by atoms with Gasteiger partial charge in [-0.25, -0.2) is 9.00 Å². The number of rotatable bonds is 5. The van der Waals surface area contributed by atoms with Crippen LogP contribution in [0.4, 0.5) is 5.69 Å². The standard InChI is InChI=1S/C10H13NO4S2/c1-17(13,16)15-7-6-14-10(12)8-2-4-9(11)5-3-8/h2-5H,6-7,11H2,1H3. The van der Waals surface area contributed by atoms with Gasteiger partial charge in [0.1, 0.15) is 15.4 Å². The third-order valence-corrected chi connectivity index (χ3v) is 2.64. The van der Waals surface area contributed by atoms with Gasteiger partial charge < -0.3 is 10.5 Å². The van der Waals surface area contributed by atoms with Crippen molar-refractivity contribution in [2.75, 3.05) is 25.2 Å². The van der Waals surface area contributed by atoms with Crippen molar-refractivity contribution in [3.63, 3.8) is 0 Å². The molecule has 0 amide bonds. The van der Waals surface area contributed by atoms with Crippen molar-refractivity contribution in [3.8, 4) is 0 Å². The lowest BCUT2D eigenvalue weighted by molar-refractivity contribution is 0.0457. The van der Waals surface area contributed by atoms with Crippen molar-refractivity contribution >= 4 is 31.6 Å². The largest absolute Gasteiger partial charge is 0.460 e. The maximum atomic E-state index is 11.5. The third kappa shape index (κ3) is 5.62. The zero-order valence-electron chi connectivity index (χ0n) is 9.25. The second-order valence-corrected chi connectivity index (χ2v) is 6.74. The van der Waals surface area contributed by atoms with Gasteiger partial charge in [0.15, 0.2) is 0 Å². The van der Waals surface area contributed by atoms with E-state index in [0.29, 0.717) is 11.3 Å². The van der Waals surface area contributed by atoms with Crippen molar-refractivity contribution in [1.82, 2.24) is 0 Å². The molecule has 0 aliphatic rings. The first kappa shape index (κ1) is 13.9. The first-order chi connectivity index (χ1) is 7.88. The molecule has 0 heterocycles. The van der Waals surface area contributed by atoms with Crippen LogP contribution in [0.25, 0.3) is 0 Å². The normalized spacial score (nSPS) is 13.9. The Morgan fingerprint density at radius 3 is 2.47 bits per heavy atom. The summed E-state index contributed by atoms with van der Waals surface area (Å²) in [4.78, 5) is 11.5. The van der Waals surface area contributed by atoms with Crippen LogP contribution >= 0.6 is 0 Å². The van der Waals surface area contributed by atoms with Crippen molar-refractivity contribution < 1.29 is 17.9 Å². The van der Waals surface area contributed by atoms with Gasteiger partial charge in [-0.1, -0.05) is 0 Å². The molecule has 5 nitrogen and oxygen atoms in total. The van der Waals surface area contributed by atoms with Gasteiger partial charge in [-0.2, -0.15) is 0 Å². The lowest BCUT2D eigenvalue weighted by Crippen LogP contribution is -2.13. The summed E-state index contributed by atoms with van der Waals surface area (Å²) in [5, 5.41) is 0. The summed E-state index contributed by atoms with van der Waals surface area (Å²) < 4.78 is 20.6. The molecule has 17 heavy (non-hydrogen) atoms. The van der Waals surface area contributed by atoms with Gasteiger partial charge in [-0.3, -0.25) is 4.18 Å². The predicted molar refractivity (Wildman–Crippen MR) is 68.5 cm³/mol. The Kier molecular flexibility index (Phi) is 4.86. The van der Waals surface area contributed by atoms with E-state index in [1.165, 1.54) is 6.26 Å². The number of nitrogen functional groups attached to an aromatic ring is 1. The SMILES string of the molecule is CS(=O)(=S)OCCOC(=O)c1ccc(N)cc1. The number of carbonyl (C=O) groups is 1. The lowest BCUT2D eigenvalue weighted by Gasteiger charge is -2.05. The van der Waals surface area contributed by atoms with E-state index in [4.69, 9.17) is 14.7 Å². The van der Waals surface area contributed by atoms with E-state index in [1.807, 2.05) is 0 Å². The molecule has 0 radical (unpaired) electrons. The molecule has 1 aromatic carbocycles. The minimum atomic E-state index is -2.67. The average molecular weight is 275 g/mol. The molecule has 0 aliphatic heterocycles. The fraction of sp³-hybridized carbons (Fsp3) is 0.300. The first-order valence-corrected chi connectivity index (χ1v) is 7.57. The monoisotopic (exact) mass is 275 g/mol. The molecule has 2 N–H and O–H groups in total. The van der Waals surface area contributed by atoms with Crippen LogP contribution in [0.3, 0.4) is 0 Å². The Morgan fingerprint density at radius 2 is 1.94 bits per heavy atom. The highest BCUT2D eigenvalue weighted by atomic mass is 32.8. The highest BCUT2D eigenvalue weighted by Gasteiger charge is 2.06. The zero-order valence-corrected chi connectivity index (χ0v) is 10.9. The summed E-state index contributed by atoms with van der Waals surface area (Å²) in [5.41, 5.74) is 6.45. The summed E-state index contributed by atoms with van der Waals surface area (Å²) in [6.45, 7) is 0.0181. The molecule has 7 heteroatoms. The minimum Gasteiger partial charge on any atom is -0.460 e. The van der Waals surface area contributed by atoms with Crippen LogP contribution in [0.2, 0.25) is 0 Å². The Labute approximate surface area is 105 Å². The number of esters is 1. The fourth-order valence-corrected chi connectivity index (χ4v) is 1.60. The quantitative estimate of drug-likeness (QED) is 0.485. The molecule has 0 bridgehead atoms. The molecule has 0 fully saturated rings. The van der Waals surface area contributed by atoms with Gasteiger partial charge in [-0.05, 0) is 24.3 Å². The fourth-order valence-electron chi connectivity index (χ4n) is 1.02. The Morgan fingerprint density at radius 1 is 1.35 bits per heavy atom. The van der Waals surface area contributed by atoms with Crippen molar-refractivity contribution in [2.24, 2.45) is 0 Å². The van der Waals surface area contributed by atoms with Gasteiger partial charge in [0.25, 0.3) is 0 Å². The molecule has 94 valence electrons. The Bertz CT molecular complexity index is 482. The van der Waals surface area contributed by atoms with Gasteiger partial charge in [0, 0.05) is 23.1 Å². The lowest BCUT2D eigenvalue weighted by atomic mass is 10.2. The number of hydrogen-bond acceptors (Lipinski definition) is 6. The first-order valence-electron chi connectivity index (χ1n) is 4.75. The maximum absolute atomic E-state index is 11.5. The Hall–Kier alpha value is -1.18. The molecule has 0 saturated carbocycles. The summed E-state index contributed by atoms with van der Waals surface area (Å²) in [6.07, 6.45) is 1.30. The van der Waals surface area contributed by atoms with Crippen LogP contribution in [-0.2, 0) is 28.9 Å². The van der Waals surface area contributed by atoms with E-state index in [2.05, 4.69) is 11.2 Å². The molecular formula is C10H13NO4S2. The second-order valence-electron chi connectivity index (χ2n) is 3.28. The summed E-state index contributed by atoms with van der Waals surface area (Å²) in [5.74, 6) is -0.486. The van der Waals surface area contributed by atoms with E-state index in [9.17, 15) is 9.00 Å². The minimum absolute atomic E-state index is 0.00464. The molecule has 1 unspecified atom stereocenters.